The van der Waals surface area contributed by atoms with Crippen LogP contribution in [0.25, 0.3) is 22.2 Å². The molecule has 1 aromatic carbocycles. The van der Waals surface area contributed by atoms with Crippen LogP contribution in [0.2, 0.25) is 0 Å². The van der Waals surface area contributed by atoms with E-state index >= 15 is 0 Å². The average molecular weight is 375 g/mol. The van der Waals surface area contributed by atoms with E-state index in [1.165, 1.54) is 4.31 Å². The molecule has 0 amide bonds. The van der Waals surface area contributed by atoms with Crippen molar-refractivity contribution in [2.45, 2.75) is 24.7 Å². The predicted octanol–water partition coefficient (Wildman–Crippen LogP) is 3.56. The molecular formula is C17H17N3O3S2. The summed E-state index contributed by atoms with van der Waals surface area (Å²) in [5, 5.41) is 5.99. The van der Waals surface area contributed by atoms with E-state index in [4.69, 9.17) is 4.52 Å². The maximum Gasteiger partial charge on any atom is 0.268 e. The summed E-state index contributed by atoms with van der Waals surface area (Å²) < 4.78 is 32.0. The van der Waals surface area contributed by atoms with Crippen molar-refractivity contribution in [2.24, 2.45) is 0 Å². The lowest BCUT2D eigenvalue weighted by Crippen LogP contribution is -2.27. The Labute approximate surface area is 150 Å². The topological polar surface area (TPSA) is 76.3 Å². The second-order valence-electron chi connectivity index (χ2n) is 5.99. The van der Waals surface area contributed by atoms with Crippen LogP contribution in [0.15, 0.2) is 45.1 Å². The highest BCUT2D eigenvalue weighted by Gasteiger charge is 2.27. The zero-order valence-corrected chi connectivity index (χ0v) is 15.3. The number of hydrogen-bond donors (Lipinski definition) is 0. The lowest BCUT2D eigenvalue weighted by atomic mass is 10.2. The van der Waals surface area contributed by atoms with Gasteiger partial charge in [-0.25, -0.2) is 8.42 Å². The largest absolute Gasteiger partial charge is 0.333 e. The van der Waals surface area contributed by atoms with E-state index < -0.39 is 10.0 Å². The van der Waals surface area contributed by atoms with Crippen molar-refractivity contribution in [2.75, 3.05) is 13.1 Å². The first-order valence-corrected chi connectivity index (χ1v) is 10.4. The number of aryl methyl sites for hydroxylation is 1. The molecule has 6 nitrogen and oxygen atoms in total. The van der Waals surface area contributed by atoms with Gasteiger partial charge in [0.25, 0.3) is 5.89 Å². The SMILES string of the molecule is Cc1ccsc1-c1nc(-c2ccc(S(=O)(=O)N3CCCC3)cc2)no1. The third kappa shape index (κ3) is 3.01. The first kappa shape index (κ1) is 16.4. The highest BCUT2D eigenvalue weighted by Crippen LogP contribution is 2.30. The van der Waals surface area contributed by atoms with Crippen LogP contribution in [0.5, 0.6) is 0 Å². The summed E-state index contributed by atoms with van der Waals surface area (Å²) in [7, 11) is -3.40. The molecule has 1 fully saturated rings. The number of aromatic nitrogens is 2. The first-order valence-electron chi connectivity index (χ1n) is 8.04. The molecule has 1 aliphatic heterocycles. The normalized spacial score (nSPS) is 15.7. The number of nitrogens with zero attached hydrogens (tertiary/aromatic N) is 3. The fourth-order valence-electron chi connectivity index (χ4n) is 2.88. The fraction of sp³-hybridized carbons (Fsp3) is 0.294. The van der Waals surface area contributed by atoms with Gasteiger partial charge in [-0.1, -0.05) is 5.16 Å². The number of sulfonamides is 1. The summed E-state index contributed by atoms with van der Waals surface area (Å²) >= 11 is 1.55. The van der Waals surface area contributed by atoms with Crippen LogP contribution in [-0.2, 0) is 10.0 Å². The van der Waals surface area contributed by atoms with E-state index in [9.17, 15) is 8.42 Å². The van der Waals surface area contributed by atoms with Gasteiger partial charge >= 0.3 is 0 Å². The molecule has 8 heteroatoms. The van der Waals surface area contributed by atoms with Gasteiger partial charge in [0.1, 0.15) is 0 Å². The second-order valence-corrected chi connectivity index (χ2v) is 8.85. The maximum absolute atomic E-state index is 12.6. The molecule has 0 aliphatic carbocycles. The van der Waals surface area contributed by atoms with Gasteiger partial charge in [-0.05, 0) is 61.0 Å². The third-order valence-corrected chi connectivity index (χ3v) is 7.22. The summed E-state index contributed by atoms with van der Waals surface area (Å²) in [5.41, 5.74) is 1.82. The number of hydrogen-bond acceptors (Lipinski definition) is 6. The van der Waals surface area contributed by atoms with Crippen LogP contribution >= 0.6 is 11.3 Å². The molecule has 1 saturated heterocycles. The van der Waals surface area contributed by atoms with Crippen LogP contribution in [0.4, 0.5) is 0 Å². The molecule has 4 rings (SSSR count). The van der Waals surface area contributed by atoms with Gasteiger partial charge in [-0.3, -0.25) is 0 Å². The minimum Gasteiger partial charge on any atom is -0.333 e. The summed E-state index contributed by atoms with van der Waals surface area (Å²) in [6.45, 7) is 3.19. The van der Waals surface area contributed by atoms with Gasteiger partial charge in [0, 0.05) is 18.7 Å². The third-order valence-electron chi connectivity index (χ3n) is 4.30. The molecule has 130 valence electrons. The van der Waals surface area contributed by atoms with Gasteiger partial charge in [-0.15, -0.1) is 11.3 Å². The lowest BCUT2D eigenvalue weighted by Gasteiger charge is -2.15. The van der Waals surface area contributed by atoms with Crippen LogP contribution in [-0.4, -0.2) is 36.0 Å². The molecule has 0 bridgehead atoms. The molecule has 0 saturated carbocycles. The van der Waals surface area contributed by atoms with Crippen LogP contribution < -0.4 is 0 Å². The Kier molecular flexibility index (Phi) is 4.18. The van der Waals surface area contributed by atoms with Gasteiger partial charge in [0.15, 0.2) is 0 Å². The molecule has 0 N–H and O–H groups in total. The van der Waals surface area contributed by atoms with Crippen molar-refractivity contribution in [1.29, 1.82) is 0 Å². The molecule has 0 spiro atoms. The monoisotopic (exact) mass is 375 g/mol. The van der Waals surface area contributed by atoms with E-state index in [2.05, 4.69) is 10.1 Å². The van der Waals surface area contributed by atoms with Gasteiger partial charge in [0.05, 0.1) is 9.77 Å². The van der Waals surface area contributed by atoms with E-state index in [0.717, 1.165) is 28.8 Å². The average Bonchev–Trinajstić information content (AvgIpc) is 3.36. The smallest absolute Gasteiger partial charge is 0.268 e. The zero-order valence-electron chi connectivity index (χ0n) is 13.7. The summed E-state index contributed by atoms with van der Waals surface area (Å²) in [6, 6.07) is 8.66. The van der Waals surface area contributed by atoms with E-state index in [1.807, 2.05) is 18.4 Å². The number of thiophene rings is 1. The van der Waals surface area contributed by atoms with Gasteiger partial charge < -0.3 is 4.52 Å². The quantitative estimate of drug-likeness (QED) is 0.697. The highest BCUT2D eigenvalue weighted by atomic mass is 32.2. The summed E-state index contributed by atoms with van der Waals surface area (Å²) in [5.74, 6) is 0.934. The minimum atomic E-state index is -3.40. The molecule has 0 unspecified atom stereocenters. The van der Waals surface area contributed by atoms with E-state index in [-0.39, 0.29) is 0 Å². The Morgan fingerprint density at radius 2 is 1.84 bits per heavy atom. The van der Waals surface area contributed by atoms with Crippen molar-refractivity contribution in [3.05, 3.63) is 41.3 Å². The Morgan fingerprint density at radius 3 is 2.48 bits per heavy atom. The van der Waals surface area contributed by atoms with Crippen molar-refractivity contribution in [3.8, 4) is 22.2 Å². The highest BCUT2D eigenvalue weighted by molar-refractivity contribution is 7.89. The minimum absolute atomic E-state index is 0.302. The molecule has 0 radical (unpaired) electrons. The fourth-order valence-corrected chi connectivity index (χ4v) is 5.24. The Balaban J connectivity index is 1.61. The predicted molar refractivity (Wildman–Crippen MR) is 95.8 cm³/mol. The number of rotatable bonds is 4. The lowest BCUT2D eigenvalue weighted by molar-refractivity contribution is 0.433. The van der Waals surface area contributed by atoms with Crippen LogP contribution in [0.1, 0.15) is 18.4 Å². The van der Waals surface area contributed by atoms with Gasteiger partial charge in [0.2, 0.25) is 15.8 Å². The van der Waals surface area contributed by atoms with Crippen molar-refractivity contribution >= 4 is 21.4 Å². The molecule has 0 atom stereocenters. The van der Waals surface area contributed by atoms with Crippen molar-refractivity contribution in [3.63, 3.8) is 0 Å². The Morgan fingerprint density at radius 1 is 1.12 bits per heavy atom. The van der Waals surface area contributed by atoms with E-state index in [0.29, 0.717) is 29.7 Å². The Hall–Kier alpha value is -2.03. The molecule has 2 aromatic heterocycles. The van der Waals surface area contributed by atoms with E-state index in [1.54, 1.807) is 35.6 Å². The maximum atomic E-state index is 12.6. The summed E-state index contributed by atoms with van der Waals surface area (Å²) in [6.07, 6.45) is 1.84. The zero-order chi connectivity index (χ0) is 17.4. The van der Waals surface area contributed by atoms with Crippen LogP contribution in [0, 0.1) is 6.92 Å². The van der Waals surface area contributed by atoms with Crippen molar-refractivity contribution < 1.29 is 12.9 Å². The van der Waals surface area contributed by atoms with Crippen molar-refractivity contribution in [1.82, 2.24) is 14.4 Å². The molecule has 1 aliphatic rings. The second kappa shape index (κ2) is 6.36. The first-order chi connectivity index (χ1) is 12.1. The molecule has 3 aromatic rings. The molecule has 25 heavy (non-hydrogen) atoms. The van der Waals surface area contributed by atoms with Gasteiger partial charge in [-0.2, -0.15) is 9.29 Å². The standard InChI is InChI=1S/C17H17N3O3S2/c1-12-8-11-24-15(12)17-18-16(19-23-17)13-4-6-14(7-5-13)25(21,22)20-9-2-3-10-20/h4-8,11H,2-3,9-10H2,1H3. The number of benzene rings is 1. The molecular weight excluding hydrogens is 358 g/mol. The van der Waals surface area contributed by atoms with Crippen LogP contribution in [0.3, 0.4) is 0 Å². The summed E-state index contributed by atoms with van der Waals surface area (Å²) in [4.78, 5) is 5.68. The molecule has 3 heterocycles. The Bertz CT molecular complexity index is 984.